The second-order valence-electron chi connectivity index (χ2n) is 4.96. The highest BCUT2D eigenvalue weighted by molar-refractivity contribution is 6.42. The predicted molar refractivity (Wildman–Crippen MR) is 81.3 cm³/mol. The molecular formula is C15H15Cl2NO3. The second kappa shape index (κ2) is 6.96. The van der Waals surface area contributed by atoms with Crippen LogP contribution in [0.5, 0.6) is 0 Å². The monoisotopic (exact) mass is 327 g/mol. The average molecular weight is 328 g/mol. The summed E-state index contributed by atoms with van der Waals surface area (Å²) in [4.78, 5) is 23.4. The van der Waals surface area contributed by atoms with Gasteiger partial charge in [-0.15, -0.1) is 0 Å². The van der Waals surface area contributed by atoms with Crippen molar-refractivity contribution in [2.75, 3.05) is 0 Å². The molecule has 0 spiro atoms. The summed E-state index contributed by atoms with van der Waals surface area (Å²) in [5.74, 6) is -2.38. The first-order valence-corrected chi connectivity index (χ1v) is 7.34. The van der Waals surface area contributed by atoms with Crippen molar-refractivity contribution in [3.8, 4) is 0 Å². The van der Waals surface area contributed by atoms with Crippen molar-refractivity contribution in [1.29, 1.82) is 0 Å². The zero-order valence-electron chi connectivity index (χ0n) is 11.2. The van der Waals surface area contributed by atoms with Crippen LogP contribution in [0.1, 0.15) is 18.4 Å². The number of carboxylic acid groups (broad SMARTS) is 1. The van der Waals surface area contributed by atoms with Crippen LogP contribution < -0.4 is 5.32 Å². The first kappa shape index (κ1) is 15.9. The lowest BCUT2D eigenvalue weighted by atomic mass is 9.82. The maximum atomic E-state index is 12.2. The molecule has 1 aromatic carbocycles. The number of carbonyl (C=O) groups is 2. The fourth-order valence-electron chi connectivity index (χ4n) is 2.35. The first-order valence-electron chi connectivity index (χ1n) is 6.58. The molecule has 1 aliphatic carbocycles. The summed E-state index contributed by atoms with van der Waals surface area (Å²) < 4.78 is 0. The molecule has 21 heavy (non-hydrogen) atoms. The van der Waals surface area contributed by atoms with Crippen LogP contribution in [-0.2, 0) is 16.1 Å². The third-order valence-corrected chi connectivity index (χ3v) is 4.28. The lowest BCUT2D eigenvalue weighted by molar-refractivity contribution is -0.147. The van der Waals surface area contributed by atoms with Crippen molar-refractivity contribution in [2.24, 2.45) is 11.8 Å². The number of hydrogen-bond donors (Lipinski definition) is 2. The minimum Gasteiger partial charge on any atom is -0.481 e. The first-order chi connectivity index (χ1) is 9.99. The smallest absolute Gasteiger partial charge is 0.307 e. The number of aliphatic carboxylic acids is 1. The van der Waals surface area contributed by atoms with Gasteiger partial charge in [0, 0.05) is 6.54 Å². The molecule has 0 bridgehead atoms. The normalized spacial score (nSPS) is 21.0. The van der Waals surface area contributed by atoms with Gasteiger partial charge in [0.25, 0.3) is 0 Å². The largest absolute Gasteiger partial charge is 0.481 e. The predicted octanol–water partition coefficient (Wildman–Crippen LogP) is 3.28. The number of nitrogens with one attached hydrogen (secondary N) is 1. The van der Waals surface area contributed by atoms with Gasteiger partial charge in [-0.05, 0) is 30.5 Å². The van der Waals surface area contributed by atoms with E-state index in [2.05, 4.69) is 5.32 Å². The lowest BCUT2D eigenvalue weighted by Crippen LogP contribution is -2.38. The van der Waals surface area contributed by atoms with Crippen molar-refractivity contribution >= 4 is 35.1 Å². The molecule has 0 saturated heterocycles. The maximum absolute atomic E-state index is 12.2. The van der Waals surface area contributed by atoms with Gasteiger partial charge in [0.2, 0.25) is 5.91 Å². The Morgan fingerprint density at radius 2 is 1.81 bits per heavy atom. The van der Waals surface area contributed by atoms with Crippen LogP contribution in [-0.4, -0.2) is 17.0 Å². The van der Waals surface area contributed by atoms with E-state index in [1.54, 1.807) is 18.2 Å². The quantitative estimate of drug-likeness (QED) is 0.834. The third-order valence-electron chi connectivity index (χ3n) is 3.54. The van der Waals surface area contributed by atoms with E-state index in [9.17, 15) is 9.59 Å². The SMILES string of the molecule is O=C(O)[C@H]1CC=CC[C@H]1C(=O)NCc1ccc(Cl)c(Cl)c1. The number of allylic oxidation sites excluding steroid dienone is 2. The van der Waals surface area contributed by atoms with Gasteiger partial charge in [-0.3, -0.25) is 9.59 Å². The van der Waals surface area contributed by atoms with Crippen LogP contribution in [0, 0.1) is 11.8 Å². The molecule has 0 saturated carbocycles. The molecular weight excluding hydrogens is 313 g/mol. The van der Waals surface area contributed by atoms with E-state index in [-0.39, 0.29) is 5.91 Å². The fourth-order valence-corrected chi connectivity index (χ4v) is 2.67. The number of carbonyl (C=O) groups excluding carboxylic acids is 1. The molecule has 0 radical (unpaired) electrons. The van der Waals surface area contributed by atoms with Crippen LogP contribution in [0.2, 0.25) is 10.0 Å². The Labute approximate surface area is 132 Å². The summed E-state index contributed by atoms with van der Waals surface area (Å²) in [5, 5.41) is 12.8. The molecule has 0 aromatic heterocycles. The highest BCUT2D eigenvalue weighted by Gasteiger charge is 2.33. The summed E-state index contributed by atoms with van der Waals surface area (Å²) >= 11 is 11.7. The Hall–Kier alpha value is -1.52. The molecule has 1 aromatic rings. The Balaban J connectivity index is 1.99. The van der Waals surface area contributed by atoms with E-state index in [4.69, 9.17) is 28.3 Å². The second-order valence-corrected chi connectivity index (χ2v) is 5.77. The molecule has 0 unspecified atom stereocenters. The zero-order chi connectivity index (χ0) is 15.4. The van der Waals surface area contributed by atoms with Crippen LogP contribution >= 0.6 is 23.2 Å². The molecule has 1 aliphatic rings. The Kier molecular flexibility index (Phi) is 5.26. The molecule has 2 atom stereocenters. The molecule has 2 rings (SSSR count). The highest BCUT2D eigenvalue weighted by atomic mass is 35.5. The highest BCUT2D eigenvalue weighted by Crippen LogP contribution is 2.26. The Bertz CT molecular complexity index is 586. The minimum atomic E-state index is -0.936. The maximum Gasteiger partial charge on any atom is 0.307 e. The zero-order valence-corrected chi connectivity index (χ0v) is 12.7. The van der Waals surface area contributed by atoms with Crippen LogP contribution in [0.4, 0.5) is 0 Å². The molecule has 0 aliphatic heterocycles. The molecule has 112 valence electrons. The van der Waals surface area contributed by atoms with Gasteiger partial charge in [0.15, 0.2) is 0 Å². The molecule has 2 N–H and O–H groups in total. The summed E-state index contributed by atoms with van der Waals surface area (Å²) in [7, 11) is 0. The van der Waals surface area contributed by atoms with Crippen LogP contribution in [0.3, 0.4) is 0 Å². The van der Waals surface area contributed by atoms with Crippen molar-refractivity contribution in [1.82, 2.24) is 5.32 Å². The van der Waals surface area contributed by atoms with E-state index < -0.39 is 17.8 Å². The van der Waals surface area contributed by atoms with E-state index in [1.807, 2.05) is 12.2 Å². The number of hydrogen-bond acceptors (Lipinski definition) is 2. The molecule has 6 heteroatoms. The average Bonchev–Trinajstić information content (AvgIpc) is 2.48. The minimum absolute atomic E-state index is 0.252. The standard InChI is InChI=1S/C15H15Cl2NO3/c16-12-6-5-9(7-13(12)17)8-18-14(19)10-3-1-2-4-11(10)15(20)21/h1-2,5-7,10-11H,3-4,8H2,(H,18,19)(H,20,21)/t10-,11+/m1/s1. The summed E-state index contributed by atoms with van der Waals surface area (Å²) in [6.45, 7) is 0.294. The van der Waals surface area contributed by atoms with Crippen molar-refractivity contribution in [2.45, 2.75) is 19.4 Å². The molecule has 1 amide bonds. The van der Waals surface area contributed by atoms with Gasteiger partial charge < -0.3 is 10.4 Å². The Morgan fingerprint density at radius 1 is 1.14 bits per heavy atom. The molecule has 4 nitrogen and oxygen atoms in total. The summed E-state index contributed by atoms with van der Waals surface area (Å²) in [6, 6.07) is 5.11. The van der Waals surface area contributed by atoms with Gasteiger partial charge in [0.1, 0.15) is 0 Å². The van der Waals surface area contributed by atoms with Gasteiger partial charge in [-0.2, -0.15) is 0 Å². The number of benzene rings is 1. The summed E-state index contributed by atoms with van der Waals surface area (Å²) in [6.07, 6.45) is 4.49. The lowest BCUT2D eigenvalue weighted by Gasteiger charge is -2.24. The van der Waals surface area contributed by atoms with E-state index in [1.165, 1.54) is 0 Å². The van der Waals surface area contributed by atoms with Crippen molar-refractivity contribution < 1.29 is 14.7 Å². The van der Waals surface area contributed by atoms with E-state index >= 15 is 0 Å². The Morgan fingerprint density at radius 3 is 2.43 bits per heavy atom. The molecule has 0 fully saturated rings. The van der Waals surface area contributed by atoms with Crippen molar-refractivity contribution in [3.63, 3.8) is 0 Å². The number of carboxylic acids is 1. The summed E-state index contributed by atoms with van der Waals surface area (Å²) in [5.41, 5.74) is 0.816. The third kappa shape index (κ3) is 3.99. The fraction of sp³-hybridized carbons (Fsp3) is 0.333. The van der Waals surface area contributed by atoms with Crippen LogP contribution in [0.25, 0.3) is 0 Å². The van der Waals surface area contributed by atoms with Crippen molar-refractivity contribution in [3.05, 3.63) is 46.0 Å². The van der Waals surface area contributed by atoms with Gasteiger partial charge in [-0.25, -0.2) is 0 Å². The van der Waals surface area contributed by atoms with E-state index in [0.29, 0.717) is 29.4 Å². The van der Waals surface area contributed by atoms with Gasteiger partial charge in [-0.1, -0.05) is 41.4 Å². The van der Waals surface area contributed by atoms with Gasteiger partial charge >= 0.3 is 5.97 Å². The number of rotatable bonds is 4. The van der Waals surface area contributed by atoms with Gasteiger partial charge in [0.05, 0.1) is 21.9 Å². The number of amides is 1. The topological polar surface area (TPSA) is 66.4 Å². The molecule has 0 heterocycles. The number of halogens is 2. The van der Waals surface area contributed by atoms with Crippen LogP contribution in [0.15, 0.2) is 30.4 Å². The van der Waals surface area contributed by atoms with E-state index in [0.717, 1.165) is 5.56 Å².